The topological polar surface area (TPSA) is 0 Å². The van der Waals surface area contributed by atoms with Crippen LogP contribution in [0.4, 0.5) is 0 Å². The average Bonchev–Trinajstić information content (AvgIpc) is 4.01. The van der Waals surface area contributed by atoms with Gasteiger partial charge < -0.3 is 0 Å². The molecule has 16 rings (SSSR count). The quantitative estimate of drug-likeness (QED) is 0.154. The molecule has 0 saturated carbocycles. The highest BCUT2D eigenvalue weighted by Gasteiger charge is 2.47. The Morgan fingerprint density at radius 1 is 0.211 bits per heavy atom. The first-order valence-electron chi connectivity index (χ1n) is 27.0. The van der Waals surface area contributed by atoms with Crippen LogP contribution >= 0.6 is 0 Å². The molecule has 2 aliphatic carbocycles. The zero-order valence-electron chi connectivity index (χ0n) is 43.1. The Hall–Kier alpha value is -9.10. The van der Waals surface area contributed by atoms with Gasteiger partial charge in [0.05, 0.1) is 0 Å². The van der Waals surface area contributed by atoms with E-state index in [1.54, 1.807) is 0 Å². The normalized spacial score (nSPS) is 14.0. The molecule has 0 heterocycles. The summed E-state index contributed by atoms with van der Waals surface area (Å²) in [7, 11) is 0. The van der Waals surface area contributed by atoms with Crippen LogP contribution in [0.5, 0.6) is 0 Å². The fraction of sp³-hybridized carbons (Fsp3) is 0.0789. The second kappa shape index (κ2) is 15.7. The summed E-state index contributed by atoms with van der Waals surface area (Å²) in [6.45, 7) is 9.98. The minimum absolute atomic E-state index is 0.293. The maximum atomic E-state index is 2.56. The van der Waals surface area contributed by atoms with E-state index in [2.05, 4.69) is 270 Å². The molecule has 2 aliphatic rings. The monoisotopic (exact) mass is 964 g/mol. The van der Waals surface area contributed by atoms with Crippen molar-refractivity contribution in [2.45, 2.75) is 38.5 Å². The first-order valence-corrected chi connectivity index (χ1v) is 27.0. The van der Waals surface area contributed by atoms with Gasteiger partial charge in [-0.15, -0.1) is 0 Å². The van der Waals surface area contributed by atoms with Crippen LogP contribution in [0.2, 0.25) is 0 Å². The smallest absolute Gasteiger partial charge is 0.0162 e. The molecule has 356 valence electrons. The molecule has 14 aromatic carbocycles. The van der Waals surface area contributed by atoms with Crippen LogP contribution in [0.15, 0.2) is 243 Å². The standard InChI is InChI=1S/C76H52/c1-75(2)65-43-51(69-57-27-13-9-23-53(57)67(54-24-10-14-28-58(54)69)49-35-33-45-19-5-7-21-47(45)41-49)37-39-63(65)71-61-31-17-18-32-62(61)72-64-40-38-52(44-66(64)76(3,4)74(72)73(71)75)70-59-29-15-11-25-55(59)68(56-26-12-16-30-60(56)70)50-36-34-46-20-6-8-22-48(46)42-50/h5-44H,1-4H3. The Labute approximate surface area is 443 Å². The molecule has 0 fully saturated rings. The highest BCUT2D eigenvalue weighted by molar-refractivity contribution is 6.24. The van der Waals surface area contributed by atoms with Gasteiger partial charge in [-0.05, 0) is 189 Å². The molecule has 0 aliphatic heterocycles. The average molecular weight is 965 g/mol. The van der Waals surface area contributed by atoms with Gasteiger partial charge in [-0.25, -0.2) is 0 Å². The summed E-state index contributed by atoms with van der Waals surface area (Å²) in [6, 6.07) is 91.8. The number of hydrogen-bond donors (Lipinski definition) is 0. The third-order valence-electron chi connectivity index (χ3n) is 17.9. The Morgan fingerprint density at radius 2 is 0.447 bits per heavy atom. The minimum Gasteiger partial charge on any atom is -0.0616 e. The van der Waals surface area contributed by atoms with E-state index in [0.717, 1.165) is 0 Å². The van der Waals surface area contributed by atoms with E-state index in [1.165, 1.54) is 164 Å². The lowest BCUT2D eigenvalue weighted by atomic mass is 9.71. The predicted octanol–water partition coefficient (Wildman–Crippen LogP) is 21.0. The molecule has 0 amide bonds. The summed E-state index contributed by atoms with van der Waals surface area (Å²) in [5.74, 6) is 0. The molecule has 0 saturated heterocycles. The second-order valence-corrected chi connectivity index (χ2v) is 22.6. The van der Waals surface area contributed by atoms with Crippen LogP contribution in [-0.2, 0) is 10.8 Å². The van der Waals surface area contributed by atoms with Gasteiger partial charge in [0.1, 0.15) is 0 Å². The summed E-state index contributed by atoms with van der Waals surface area (Å²) in [5, 5.41) is 17.9. The maximum absolute atomic E-state index is 2.56. The van der Waals surface area contributed by atoms with Crippen LogP contribution in [0.25, 0.3) is 142 Å². The van der Waals surface area contributed by atoms with E-state index in [-0.39, 0.29) is 10.8 Å². The molecule has 0 heteroatoms. The SMILES string of the molecule is CC1(C)c2cc(-c3c4ccccc4c(-c4ccc5ccccc5c4)c4ccccc34)ccc2-c2c1c1c(c3ccccc23)-c2ccc(-c3c4ccccc4c(-c4ccc5ccccc5c4)c4ccccc34)cc2C1(C)C. The van der Waals surface area contributed by atoms with Crippen molar-refractivity contribution in [1.29, 1.82) is 0 Å². The Bertz CT molecular complexity index is 4440. The zero-order valence-corrected chi connectivity index (χ0v) is 43.1. The van der Waals surface area contributed by atoms with Gasteiger partial charge in [-0.2, -0.15) is 0 Å². The number of fused-ring (bicyclic) bond motifs is 16. The zero-order chi connectivity index (χ0) is 50.6. The molecule has 0 nitrogen and oxygen atoms in total. The third kappa shape index (κ3) is 5.90. The minimum atomic E-state index is -0.293. The van der Waals surface area contributed by atoms with E-state index >= 15 is 0 Å². The number of benzene rings is 14. The van der Waals surface area contributed by atoms with E-state index in [4.69, 9.17) is 0 Å². The lowest BCUT2D eigenvalue weighted by Gasteiger charge is -2.31. The lowest BCUT2D eigenvalue weighted by Crippen LogP contribution is -2.24. The van der Waals surface area contributed by atoms with Gasteiger partial charge in [0.25, 0.3) is 0 Å². The molecule has 14 aromatic rings. The van der Waals surface area contributed by atoms with Gasteiger partial charge in [0.15, 0.2) is 0 Å². The summed E-state index contributed by atoms with van der Waals surface area (Å²) in [5.41, 5.74) is 20.8. The number of hydrogen-bond acceptors (Lipinski definition) is 0. The van der Waals surface area contributed by atoms with Crippen molar-refractivity contribution in [1.82, 2.24) is 0 Å². The molecule has 0 aromatic heterocycles. The molecule has 0 unspecified atom stereocenters. The van der Waals surface area contributed by atoms with Gasteiger partial charge >= 0.3 is 0 Å². The van der Waals surface area contributed by atoms with Crippen molar-refractivity contribution < 1.29 is 0 Å². The van der Waals surface area contributed by atoms with Crippen LogP contribution in [-0.4, -0.2) is 0 Å². The van der Waals surface area contributed by atoms with Crippen molar-refractivity contribution >= 4 is 75.4 Å². The summed E-state index contributed by atoms with van der Waals surface area (Å²) >= 11 is 0. The van der Waals surface area contributed by atoms with Gasteiger partial charge in [0.2, 0.25) is 0 Å². The van der Waals surface area contributed by atoms with Crippen LogP contribution in [0.3, 0.4) is 0 Å². The Balaban J connectivity index is 0.880. The van der Waals surface area contributed by atoms with Gasteiger partial charge in [0, 0.05) is 10.8 Å². The van der Waals surface area contributed by atoms with E-state index in [9.17, 15) is 0 Å². The largest absolute Gasteiger partial charge is 0.0616 e. The molecule has 0 radical (unpaired) electrons. The Kier molecular flexibility index (Phi) is 8.96. The molecule has 0 atom stereocenters. The van der Waals surface area contributed by atoms with E-state index in [1.807, 2.05) is 0 Å². The van der Waals surface area contributed by atoms with Crippen molar-refractivity contribution in [2.75, 3.05) is 0 Å². The third-order valence-corrected chi connectivity index (χ3v) is 17.9. The summed E-state index contributed by atoms with van der Waals surface area (Å²) in [6.07, 6.45) is 0. The molecule has 0 spiro atoms. The molecular weight excluding hydrogens is 913 g/mol. The maximum Gasteiger partial charge on any atom is 0.0162 e. The van der Waals surface area contributed by atoms with Crippen LogP contribution in [0, 0.1) is 0 Å². The molecule has 0 N–H and O–H groups in total. The van der Waals surface area contributed by atoms with Crippen molar-refractivity contribution in [3.63, 3.8) is 0 Å². The fourth-order valence-electron chi connectivity index (χ4n) is 14.6. The first-order chi connectivity index (χ1) is 37.2. The van der Waals surface area contributed by atoms with Crippen molar-refractivity contribution in [3.05, 3.63) is 265 Å². The van der Waals surface area contributed by atoms with Crippen LogP contribution < -0.4 is 0 Å². The summed E-state index contributed by atoms with van der Waals surface area (Å²) < 4.78 is 0. The van der Waals surface area contributed by atoms with Gasteiger partial charge in [-0.3, -0.25) is 0 Å². The lowest BCUT2D eigenvalue weighted by molar-refractivity contribution is 0.602. The molecular formula is C76H52. The molecule has 0 bridgehead atoms. The van der Waals surface area contributed by atoms with E-state index < -0.39 is 0 Å². The van der Waals surface area contributed by atoms with E-state index in [0.29, 0.717) is 0 Å². The number of rotatable bonds is 4. The molecule has 76 heavy (non-hydrogen) atoms. The first kappa shape index (κ1) is 43.3. The highest BCUT2D eigenvalue weighted by atomic mass is 14.5. The fourth-order valence-corrected chi connectivity index (χ4v) is 14.6. The van der Waals surface area contributed by atoms with Crippen LogP contribution in [0.1, 0.15) is 49.9 Å². The predicted molar refractivity (Wildman–Crippen MR) is 326 cm³/mol. The second-order valence-electron chi connectivity index (χ2n) is 22.6. The van der Waals surface area contributed by atoms with Crippen molar-refractivity contribution in [3.8, 4) is 66.8 Å². The van der Waals surface area contributed by atoms with Gasteiger partial charge in [-0.1, -0.05) is 246 Å². The van der Waals surface area contributed by atoms with Crippen molar-refractivity contribution in [2.24, 2.45) is 0 Å². The summed E-state index contributed by atoms with van der Waals surface area (Å²) in [4.78, 5) is 0. The highest BCUT2D eigenvalue weighted by Crippen LogP contribution is 2.63. The Morgan fingerprint density at radius 3 is 0.750 bits per heavy atom.